The van der Waals surface area contributed by atoms with Crippen LogP contribution in [0.4, 0.5) is 0 Å². The number of rotatable bonds is 6. The number of hydrogen-bond acceptors (Lipinski definition) is 2. The van der Waals surface area contributed by atoms with Gasteiger partial charge < -0.3 is 5.32 Å². The zero-order valence-electron chi connectivity index (χ0n) is 12.4. The molecule has 1 N–H and O–H groups in total. The molecule has 0 aliphatic carbocycles. The van der Waals surface area contributed by atoms with Gasteiger partial charge in [0.25, 0.3) is 0 Å². The molecule has 0 aliphatic rings. The van der Waals surface area contributed by atoms with E-state index in [0.717, 1.165) is 19.4 Å². The molecule has 0 fully saturated rings. The highest BCUT2D eigenvalue weighted by atomic mass is 79.9. The molecule has 4 heteroatoms. The Bertz CT molecular complexity index is 563. The average molecular weight is 336 g/mol. The summed E-state index contributed by atoms with van der Waals surface area (Å²) in [6, 6.07) is 9.09. The van der Waals surface area contributed by atoms with Crippen LogP contribution >= 0.6 is 15.9 Å². The third-order valence-corrected chi connectivity index (χ3v) is 4.51. The molecule has 1 unspecified atom stereocenters. The molecule has 0 amide bonds. The van der Waals surface area contributed by atoms with Gasteiger partial charge in [0.1, 0.15) is 0 Å². The second kappa shape index (κ2) is 7.04. The van der Waals surface area contributed by atoms with Crippen LogP contribution in [0.15, 0.2) is 34.9 Å². The summed E-state index contributed by atoms with van der Waals surface area (Å²) < 4.78 is 3.13. The Morgan fingerprint density at radius 1 is 1.35 bits per heavy atom. The molecule has 1 aromatic carbocycles. The molecule has 20 heavy (non-hydrogen) atoms. The molecular formula is C16H22BrN3. The van der Waals surface area contributed by atoms with Crippen LogP contribution in [-0.2, 0) is 13.5 Å². The summed E-state index contributed by atoms with van der Waals surface area (Å²) in [6.45, 7) is 5.24. The molecule has 0 saturated carbocycles. The molecule has 1 atom stereocenters. The molecule has 0 saturated heterocycles. The first kappa shape index (κ1) is 15.3. The van der Waals surface area contributed by atoms with E-state index in [1.165, 1.54) is 21.3 Å². The number of aryl methyl sites for hydroxylation is 3. The van der Waals surface area contributed by atoms with Crippen molar-refractivity contribution in [1.29, 1.82) is 0 Å². The molecule has 2 rings (SSSR count). The second-order valence-electron chi connectivity index (χ2n) is 5.10. The Morgan fingerprint density at radius 3 is 2.75 bits per heavy atom. The van der Waals surface area contributed by atoms with Crippen LogP contribution in [0.25, 0.3) is 0 Å². The maximum absolute atomic E-state index is 4.23. The summed E-state index contributed by atoms with van der Waals surface area (Å²) in [7, 11) is 2.00. The molecule has 2 aromatic rings. The average Bonchev–Trinajstić information content (AvgIpc) is 2.83. The Morgan fingerprint density at radius 2 is 2.15 bits per heavy atom. The van der Waals surface area contributed by atoms with Crippen LogP contribution in [-0.4, -0.2) is 16.3 Å². The summed E-state index contributed by atoms with van der Waals surface area (Å²) in [5, 5.41) is 7.80. The summed E-state index contributed by atoms with van der Waals surface area (Å²) >= 11 is 3.63. The van der Waals surface area contributed by atoms with Crippen LogP contribution in [0, 0.1) is 6.92 Å². The molecule has 1 heterocycles. The lowest BCUT2D eigenvalue weighted by Crippen LogP contribution is -2.22. The zero-order chi connectivity index (χ0) is 14.5. The number of aromatic nitrogens is 2. The van der Waals surface area contributed by atoms with E-state index >= 15 is 0 Å². The van der Waals surface area contributed by atoms with Crippen LogP contribution in [0.5, 0.6) is 0 Å². The quantitative estimate of drug-likeness (QED) is 0.870. The molecule has 0 bridgehead atoms. The predicted molar refractivity (Wildman–Crippen MR) is 86.8 cm³/mol. The van der Waals surface area contributed by atoms with Crippen LogP contribution in [0.3, 0.4) is 0 Å². The van der Waals surface area contributed by atoms with Crippen molar-refractivity contribution in [1.82, 2.24) is 15.1 Å². The van der Waals surface area contributed by atoms with Gasteiger partial charge in [0, 0.05) is 29.5 Å². The van der Waals surface area contributed by atoms with E-state index in [2.05, 4.69) is 64.5 Å². The van der Waals surface area contributed by atoms with Gasteiger partial charge >= 0.3 is 0 Å². The zero-order valence-corrected chi connectivity index (χ0v) is 13.9. The SMILES string of the molecule is CCNC(CCc1ccnn1C)c1ccc(C)c(Br)c1. The fourth-order valence-electron chi connectivity index (χ4n) is 2.40. The van der Waals surface area contributed by atoms with Crippen LogP contribution < -0.4 is 5.32 Å². The Labute approximate surface area is 129 Å². The molecule has 0 aliphatic heterocycles. The standard InChI is InChI=1S/C16H22BrN3/c1-4-18-16(8-7-14-9-10-19-20(14)3)13-6-5-12(2)15(17)11-13/h5-6,9-11,16,18H,4,7-8H2,1-3H3. The first-order valence-electron chi connectivity index (χ1n) is 7.08. The Kier molecular flexibility index (Phi) is 5.38. The normalized spacial score (nSPS) is 12.6. The third kappa shape index (κ3) is 3.70. The predicted octanol–water partition coefficient (Wildman–Crippen LogP) is 3.77. The fraction of sp³-hybridized carbons (Fsp3) is 0.438. The van der Waals surface area contributed by atoms with Gasteiger partial charge in [-0.25, -0.2) is 0 Å². The van der Waals surface area contributed by atoms with Crippen molar-refractivity contribution in [2.24, 2.45) is 7.05 Å². The minimum atomic E-state index is 0.381. The number of halogens is 1. The van der Waals surface area contributed by atoms with E-state index in [1.54, 1.807) is 0 Å². The molecule has 3 nitrogen and oxygen atoms in total. The number of benzene rings is 1. The van der Waals surface area contributed by atoms with Crippen molar-refractivity contribution in [3.8, 4) is 0 Å². The van der Waals surface area contributed by atoms with Crippen molar-refractivity contribution in [2.45, 2.75) is 32.7 Å². The summed E-state index contributed by atoms with van der Waals surface area (Å²) in [5.74, 6) is 0. The van der Waals surface area contributed by atoms with Crippen molar-refractivity contribution in [3.05, 3.63) is 51.8 Å². The summed E-state index contributed by atoms with van der Waals surface area (Å²) in [6.07, 6.45) is 3.96. The number of hydrogen-bond donors (Lipinski definition) is 1. The monoisotopic (exact) mass is 335 g/mol. The van der Waals surface area contributed by atoms with Crippen molar-refractivity contribution in [2.75, 3.05) is 6.54 Å². The highest BCUT2D eigenvalue weighted by Gasteiger charge is 2.12. The van der Waals surface area contributed by atoms with E-state index in [-0.39, 0.29) is 0 Å². The van der Waals surface area contributed by atoms with Crippen molar-refractivity contribution < 1.29 is 0 Å². The van der Waals surface area contributed by atoms with Gasteiger partial charge in [-0.3, -0.25) is 4.68 Å². The van der Waals surface area contributed by atoms with Gasteiger partial charge in [0.2, 0.25) is 0 Å². The third-order valence-electron chi connectivity index (χ3n) is 3.66. The van der Waals surface area contributed by atoms with Gasteiger partial charge in [-0.15, -0.1) is 0 Å². The van der Waals surface area contributed by atoms with Crippen molar-refractivity contribution in [3.63, 3.8) is 0 Å². The van der Waals surface area contributed by atoms with Crippen molar-refractivity contribution >= 4 is 15.9 Å². The molecule has 108 valence electrons. The second-order valence-corrected chi connectivity index (χ2v) is 5.96. The van der Waals surface area contributed by atoms with Gasteiger partial charge in [0.15, 0.2) is 0 Å². The molecular weight excluding hydrogens is 314 g/mol. The topological polar surface area (TPSA) is 29.9 Å². The number of nitrogens with one attached hydrogen (secondary N) is 1. The van der Waals surface area contributed by atoms with E-state index in [4.69, 9.17) is 0 Å². The number of nitrogens with zero attached hydrogens (tertiary/aromatic N) is 2. The lowest BCUT2D eigenvalue weighted by Gasteiger charge is -2.19. The van der Waals surface area contributed by atoms with E-state index < -0.39 is 0 Å². The first-order valence-corrected chi connectivity index (χ1v) is 7.87. The molecule has 0 radical (unpaired) electrons. The lowest BCUT2D eigenvalue weighted by molar-refractivity contribution is 0.506. The Balaban J connectivity index is 2.10. The van der Waals surface area contributed by atoms with Crippen LogP contribution in [0.1, 0.15) is 36.2 Å². The van der Waals surface area contributed by atoms with Crippen LogP contribution in [0.2, 0.25) is 0 Å². The van der Waals surface area contributed by atoms with Gasteiger partial charge in [-0.05, 0) is 49.6 Å². The minimum Gasteiger partial charge on any atom is -0.310 e. The molecule has 1 aromatic heterocycles. The van der Waals surface area contributed by atoms with Gasteiger partial charge in [0.05, 0.1) is 0 Å². The fourth-order valence-corrected chi connectivity index (χ4v) is 2.79. The van der Waals surface area contributed by atoms with Gasteiger partial charge in [-0.2, -0.15) is 5.10 Å². The van der Waals surface area contributed by atoms with E-state index in [9.17, 15) is 0 Å². The maximum atomic E-state index is 4.23. The lowest BCUT2D eigenvalue weighted by atomic mass is 10.00. The van der Waals surface area contributed by atoms with E-state index in [0.29, 0.717) is 6.04 Å². The first-order chi connectivity index (χ1) is 9.61. The maximum Gasteiger partial charge on any atom is 0.0492 e. The highest BCUT2D eigenvalue weighted by molar-refractivity contribution is 9.10. The summed E-state index contributed by atoms with van der Waals surface area (Å²) in [5.41, 5.74) is 3.89. The molecule has 0 spiro atoms. The van der Waals surface area contributed by atoms with Gasteiger partial charge in [-0.1, -0.05) is 35.0 Å². The largest absolute Gasteiger partial charge is 0.310 e. The summed E-state index contributed by atoms with van der Waals surface area (Å²) in [4.78, 5) is 0. The Hall–Kier alpha value is -1.13. The van der Waals surface area contributed by atoms with E-state index in [1.807, 2.05) is 17.9 Å². The highest BCUT2D eigenvalue weighted by Crippen LogP contribution is 2.24. The smallest absolute Gasteiger partial charge is 0.0492 e. The minimum absolute atomic E-state index is 0.381.